The Bertz CT molecular complexity index is 414. The van der Waals surface area contributed by atoms with Crippen LogP contribution in [0, 0.1) is 0 Å². The second-order valence-electron chi connectivity index (χ2n) is 3.48. The first-order chi connectivity index (χ1) is 7.77. The van der Waals surface area contributed by atoms with E-state index in [9.17, 15) is 0 Å². The van der Waals surface area contributed by atoms with Crippen molar-refractivity contribution in [2.75, 3.05) is 0 Å². The van der Waals surface area contributed by atoms with E-state index in [0.717, 1.165) is 4.34 Å². The number of hydrogen-bond acceptors (Lipinski definition) is 5. The Morgan fingerprint density at radius 2 is 2.06 bits per heavy atom. The number of aromatic nitrogens is 2. The van der Waals surface area contributed by atoms with Crippen LogP contribution in [0.2, 0.25) is 0 Å². The predicted octanol–water partition coefficient (Wildman–Crippen LogP) is 2.72. The molecule has 2 atom stereocenters. The van der Waals surface area contributed by atoms with E-state index in [1.165, 1.54) is 5.56 Å². The third-order valence-electron chi connectivity index (χ3n) is 2.15. The number of hydrogen-bond donors (Lipinski definition) is 1. The summed E-state index contributed by atoms with van der Waals surface area (Å²) >= 11 is 3.36. The number of rotatable bonds is 4. The SMILES string of the molecule is CC(N)C(Sc1nccs1)c1ccncc1. The molecule has 0 aromatic carbocycles. The molecule has 0 aliphatic carbocycles. The molecular weight excluding hydrogens is 238 g/mol. The molecule has 2 rings (SSSR count). The molecule has 0 aliphatic heterocycles. The number of thioether (sulfide) groups is 1. The van der Waals surface area contributed by atoms with Gasteiger partial charge in [0.1, 0.15) is 4.34 Å². The minimum absolute atomic E-state index is 0.0799. The Labute approximate surface area is 103 Å². The highest BCUT2D eigenvalue weighted by Gasteiger charge is 2.18. The Morgan fingerprint density at radius 1 is 1.31 bits per heavy atom. The lowest BCUT2D eigenvalue weighted by Gasteiger charge is -2.19. The normalized spacial score (nSPS) is 14.6. The predicted molar refractivity (Wildman–Crippen MR) is 68.6 cm³/mol. The third kappa shape index (κ3) is 2.81. The molecule has 0 spiro atoms. The van der Waals surface area contributed by atoms with Crippen LogP contribution in [-0.2, 0) is 0 Å². The van der Waals surface area contributed by atoms with E-state index < -0.39 is 0 Å². The summed E-state index contributed by atoms with van der Waals surface area (Å²) < 4.78 is 1.05. The minimum Gasteiger partial charge on any atom is -0.327 e. The van der Waals surface area contributed by atoms with E-state index in [2.05, 4.69) is 9.97 Å². The van der Waals surface area contributed by atoms with E-state index in [1.807, 2.05) is 30.6 Å². The van der Waals surface area contributed by atoms with E-state index in [1.54, 1.807) is 35.5 Å². The van der Waals surface area contributed by atoms with Gasteiger partial charge in [0.25, 0.3) is 0 Å². The number of nitrogens with zero attached hydrogens (tertiary/aromatic N) is 2. The molecule has 2 unspecified atom stereocenters. The highest BCUT2D eigenvalue weighted by atomic mass is 32.2. The van der Waals surface area contributed by atoms with Crippen molar-refractivity contribution in [3.63, 3.8) is 0 Å². The van der Waals surface area contributed by atoms with Crippen LogP contribution in [0.25, 0.3) is 0 Å². The van der Waals surface area contributed by atoms with Crippen LogP contribution >= 0.6 is 23.1 Å². The highest BCUT2D eigenvalue weighted by molar-refractivity contribution is 8.01. The summed E-state index contributed by atoms with van der Waals surface area (Å²) in [7, 11) is 0. The van der Waals surface area contributed by atoms with Gasteiger partial charge in [-0.05, 0) is 24.6 Å². The van der Waals surface area contributed by atoms with Gasteiger partial charge in [0, 0.05) is 30.0 Å². The molecule has 0 bridgehead atoms. The maximum absolute atomic E-state index is 6.02. The largest absolute Gasteiger partial charge is 0.327 e. The first-order valence-electron chi connectivity index (χ1n) is 4.99. The maximum Gasteiger partial charge on any atom is 0.150 e. The van der Waals surface area contributed by atoms with Crippen molar-refractivity contribution in [3.8, 4) is 0 Å². The zero-order valence-electron chi connectivity index (χ0n) is 8.91. The fourth-order valence-corrected chi connectivity index (χ4v) is 3.32. The van der Waals surface area contributed by atoms with Crippen molar-refractivity contribution in [1.82, 2.24) is 9.97 Å². The average molecular weight is 251 g/mol. The Hall–Kier alpha value is -0.910. The molecule has 2 aromatic heterocycles. The first kappa shape index (κ1) is 11.6. The van der Waals surface area contributed by atoms with Crippen LogP contribution in [0.5, 0.6) is 0 Å². The molecule has 16 heavy (non-hydrogen) atoms. The summed E-state index contributed by atoms with van der Waals surface area (Å²) in [6.45, 7) is 2.02. The van der Waals surface area contributed by atoms with Gasteiger partial charge in [0.2, 0.25) is 0 Å². The third-order valence-corrected chi connectivity index (χ3v) is 4.55. The van der Waals surface area contributed by atoms with Crippen LogP contribution in [0.15, 0.2) is 40.4 Å². The topological polar surface area (TPSA) is 51.8 Å². The lowest BCUT2D eigenvalue weighted by Crippen LogP contribution is -2.22. The van der Waals surface area contributed by atoms with Gasteiger partial charge in [-0.1, -0.05) is 11.8 Å². The van der Waals surface area contributed by atoms with Crippen molar-refractivity contribution in [2.24, 2.45) is 5.73 Å². The fraction of sp³-hybridized carbons (Fsp3) is 0.273. The van der Waals surface area contributed by atoms with Crippen molar-refractivity contribution in [1.29, 1.82) is 0 Å². The standard InChI is InChI=1S/C11H13N3S2/c1-8(12)10(9-2-4-13-5-3-9)16-11-14-6-7-15-11/h2-8,10H,12H2,1H3. The molecule has 2 aromatic rings. The molecule has 0 aliphatic rings. The summed E-state index contributed by atoms with van der Waals surface area (Å²) in [5, 5.41) is 2.21. The van der Waals surface area contributed by atoms with Crippen LogP contribution in [-0.4, -0.2) is 16.0 Å². The monoisotopic (exact) mass is 251 g/mol. The maximum atomic E-state index is 6.02. The summed E-state index contributed by atoms with van der Waals surface area (Å²) in [5.74, 6) is 0. The molecule has 3 nitrogen and oxygen atoms in total. The van der Waals surface area contributed by atoms with Crippen molar-refractivity contribution in [2.45, 2.75) is 22.6 Å². The molecular formula is C11H13N3S2. The Kier molecular flexibility index (Phi) is 3.93. The first-order valence-corrected chi connectivity index (χ1v) is 6.75. The number of pyridine rings is 1. The van der Waals surface area contributed by atoms with Crippen molar-refractivity contribution in [3.05, 3.63) is 41.7 Å². The fourth-order valence-electron chi connectivity index (χ4n) is 1.41. The van der Waals surface area contributed by atoms with Gasteiger partial charge in [0.15, 0.2) is 0 Å². The zero-order chi connectivity index (χ0) is 11.4. The lowest BCUT2D eigenvalue weighted by molar-refractivity contribution is 0.720. The summed E-state index contributed by atoms with van der Waals surface area (Å²) in [6, 6.07) is 4.10. The van der Waals surface area contributed by atoms with Gasteiger partial charge in [-0.3, -0.25) is 4.98 Å². The van der Waals surface area contributed by atoms with Crippen molar-refractivity contribution < 1.29 is 0 Å². The van der Waals surface area contributed by atoms with Crippen LogP contribution in [0.1, 0.15) is 17.7 Å². The molecule has 84 valence electrons. The average Bonchev–Trinajstić information content (AvgIpc) is 2.79. The zero-order valence-corrected chi connectivity index (χ0v) is 10.5. The molecule has 0 radical (unpaired) electrons. The Balaban J connectivity index is 2.18. The minimum atomic E-state index is 0.0799. The molecule has 2 heterocycles. The van der Waals surface area contributed by atoms with Gasteiger partial charge < -0.3 is 5.73 Å². The number of nitrogens with two attached hydrogens (primary N) is 1. The molecule has 0 fully saturated rings. The second-order valence-corrected chi connectivity index (χ2v) is 5.76. The van der Waals surface area contributed by atoms with E-state index in [4.69, 9.17) is 5.73 Å². The second kappa shape index (κ2) is 5.43. The smallest absolute Gasteiger partial charge is 0.150 e. The molecule has 2 N–H and O–H groups in total. The lowest BCUT2D eigenvalue weighted by atomic mass is 10.1. The van der Waals surface area contributed by atoms with Gasteiger partial charge in [0.05, 0.1) is 5.25 Å². The van der Waals surface area contributed by atoms with Crippen LogP contribution in [0.4, 0.5) is 0 Å². The molecule has 0 amide bonds. The molecule has 5 heteroatoms. The van der Waals surface area contributed by atoms with Crippen LogP contribution in [0.3, 0.4) is 0 Å². The summed E-state index contributed by atoms with van der Waals surface area (Å²) in [6.07, 6.45) is 5.41. The quantitative estimate of drug-likeness (QED) is 0.849. The van der Waals surface area contributed by atoms with Gasteiger partial charge >= 0.3 is 0 Å². The van der Waals surface area contributed by atoms with E-state index in [-0.39, 0.29) is 11.3 Å². The highest BCUT2D eigenvalue weighted by Crippen LogP contribution is 2.37. The van der Waals surface area contributed by atoms with Gasteiger partial charge in [-0.15, -0.1) is 11.3 Å². The van der Waals surface area contributed by atoms with Gasteiger partial charge in [-0.25, -0.2) is 4.98 Å². The number of thiazole rings is 1. The Morgan fingerprint density at radius 3 is 2.62 bits per heavy atom. The molecule has 0 saturated carbocycles. The van der Waals surface area contributed by atoms with Crippen LogP contribution < -0.4 is 5.73 Å². The van der Waals surface area contributed by atoms with Gasteiger partial charge in [-0.2, -0.15) is 0 Å². The van der Waals surface area contributed by atoms with E-state index >= 15 is 0 Å². The molecule has 0 saturated heterocycles. The van der Waals surface area contributed by atoms with E-state index in [0.29, 0.717) is 0 Å². The summed E-state index contributed by atoms with van der Waals surface area (Å²) in [5.41, 5.74) is 7.22. The summed E-state index contributed by atoms with van der Waals surface area (Å²) in [4.78, 5) is 8.30. The van der Waals surface area contributed by atoms with Crippen molar-refractivity contribution >= 4 is 23.1 Å².